The van der Waals surface area contributed by atoms with Crippen LogP contribution in [0.4, 0.5) is 0 Å². The van der Waals surface area contributed by atoms with E-state index in [9.17, 15) is 24.0 Å². The summed E-state index contributed by atoms with van der Waals surface area (Å²) < 4.78 is 1.59. The van der Waals surface area contributed by atoms with E-state index in [1.165, 1.54) is 0 Å². The Labute approximate surface area is 196 Å². The number of carboxylic acid groups (broad SMARTS) is 2. The molecule has 2 amide bonds. The summed E-state index contributed by atoms with van der Waals surface area (Å²) in [5.41, 5.74) is 6.47. The van der Waals surface area contributed by atoms with Crippen LogP contribution in [0.3, 0.4) is 0 Å². The van der Waals surface area contributed by atoms with Crippen molar-refractivity contribution in [1.29, 1.82) is 0 Å². The number of carbonyl (C=O) groups excluding carboxylic acids is 3. The third-order valence-corrected chi connectivity index (χ3v) is 4.46. The first-order valence-corrected chi connectivity index (χ1v) is 10.6. The molecule has 0 saturated heterocycles. The fourth-order valence-electron chi connectivity index (χ4n) is 2.63. The molecule has 2 rings (SSSR count). The summed E-state index contributed by atoms with van der Waals surface area (Å²) >= 11 is 0. The van der Waals surface area contributed by atoms with Crippen molar-refractivity contribution in [2.24, 2.45) is 5.73 Å². The molecule has 0 aliphatic heterocycles. The van der Waals surface area contributed by atoms with Crippen LogP contribution in [0.2, 0.25) is 0 Å². The van der Waals surface area contributed by atoms with E-state index in [-0.39, 0.29) is 38.5 Å². The number of ketones is 1. The molecule has 12 nitrogen and oxygen atoms in total. The topological polar surface area (TPSA) is 195 Å². The minimum Gasteiger partial charge on any atom is -0.481 e. The van der Waals surface area contributed by atoms with E-state index in [1.54, 1.807) is 17.8 Å². The first kappa shape index (κ1) is 27.9. The van der Waals surface area contributed by atoms with Gasteiger partial charge in [0.1, 0.15) is 0 Å². The molecule has 0 unspecified atom stereocenters. The van der Waals surface area contributed by atoms with Gasteiger partial charge in [-0.3, -0.25) is 24.0 Å². The lowest BCUT2D eigenvalue weighted by Gasteiger charge is -2.16. The van der Waals surface area contributed by atoms with Gasteiger partial charge >= 0.3 is 11.9 Å². The summed E-state index contributed by atoms with van der Waals surface area (Å²) in [4.78, 5) is 55.4. The van der Waals surface area contributed by atoms with Crippen LogP contribution in [0.15, 0.2) is 36.5 Å². The zero-order valence-electron chi connectivity index (χ0n) is 18.8. The van der Waals surface area contributed by atoms with Crippen molar-refractivity contribution in [3.8, 4) is 5.69 Å². The summed E-state index contributed by atoms with van der Waals surface area (Å²) in [5.74, 6) is -3.30. The lowest BCUT2D eigenvalue weighted by molar-refractivity contribution is -0.138. The molecular weight excluding hydrogens is 446 g/mol. The summed E-state index contributed by atoms with van der Waals surface area (Å²) in [6, 6.07) is 8.40. The van der Waals surface area contributed by atoms with Crippen LogP contribution in [0, 0.1) is 0 Å². The Morgan fingerprint density at radius 1 is 1.00 bits per heavy atom. The first-order valence-electron chi connectivity index (χ1n) is 10.6. The molecule has 5 N–H and O–H groups in total. The molecule has 0 bridgehead atoms. The molecule has 0 aliphatic carbocycles. The highest BCUT2D eigenvalue weighted by molar-refractivity contribution is 5.91. The van der Waals surface area contributed by atoms with Gasteiger partial charge in [0.15, 0.2) is 5.78 Å². The first-order chi connectivity index (χ1) is 16.1. The van der Waals surface area contributed by atoms with Crippen LogP contribution in [0.1, 0.15) is 51.1 Å². The maximum Gasteiger partial charge on any atom is 0.303 e. The van der Waals surface area contributed by atoms with Gasteiger partial charge < -0.3 is 21.3 Å². The molecule has 34 heavy (non-hydrogen) atoms. The van der Waals surface area contributed by atoms with Crippen molar-refractivity contribution in [1.82, 2.24) is 20.3 Å². The molecule has 0 fully saturated rings. The van der Waals surface area contributed by atoms with Crippen LogP contribution < -0.4 is 11.1 Å². The lowest BCUT2D eigenvalue weighted by atomic mass is 10.0. The maximum absolute atomic E-state index is 12.2. The van der Waals surface area contributed by atoms with E-state index in [1.807, 2.05) is 30.3 Å². The predicted octanol–water partition coefficient (Wildman–Crippen LogP) is 0.865. The number of primary amides is 1. The largest absolute Gasteiger partial charge is 0.481 e. The second kappa shape index (κ2) is 14.9. The number of aromatic nitrogens is 3. The van der Waals surface area contributed by atoms with Crippen LogP contribution in [-0.2, 0) is 30.4 Å². The number of aryl methyl sites for hydroxylation is 1. The molecule has 0 spiro atoms. The monoisotopic (exact) mass is 475 g/mol. The highest BCUT2D eigenvalue weighted by Gasteiger charge is 2.22. The van der Waals surface area contributed by atoms with Crippen LogP contribution in [0.25, 0.3) is 5.69 Å². The zero-order chi connectivity index (χ0) is 25.5. The number of nitrogens with zero attached hydrogens (tertiary/aromatic N) is 3. The minimum atomic E-state index is -1.08. The molecule has 0 radical (unpaired) electrons. The van der Waals surface area contributed by atoms with Crippen LogP contribution >= 0.6 is 0 Å². The van der Waals surface area contributed by atoms with E-state index in [2.05, 4.69) is 15.6 Å². The molecule has 2 aromatic rings. The molecule has 0 aliphatic rings. The quantitative estimate of drug-likeness (QED) is 0.325. The van der Waals surface area contributed by atoms with E-state index in [0.717, 1.165) is 5.69 Å². The zero-order valence-corrected chi connectivity index (χ0v) is 18.8. The van der Waals surface area contributed by atoms with Crippen molar-refractivity contribution >= 4 is 29.5 Å². The number of para-hydroxylation sites is 1. The van der Waals surface area contributed by atoms with Gasteiger partial charge in [-0.2, -0.15) is 0 Å². The van der Waals surface area contributed by atoms with Gasteiger partial charge in [0, 0.05) is 38.5 Å². The fraction of sp³-hybridized carbons (Fsp3) is 0.409. The van der Waals surface area contributed by atoms with Crippen LogP contribution in [0.5, 0.6) is 0 Å². The smallest absolute Gasteiger partial charge is 0.303 e. The third-order valence-electron chi connectivity index (χ3n) is 4.46. The second-order valence-electron chi connectivity index (χ2n) is 7.22. The molecule has 1 aromatic heterocycles. The Morgan fingerprint density at radius 2 is 1.65 bits per heavy atom. The third kappa shape index (κ3) is 11.5. The maximum atomic E-state index is 12.2. The predicted molar refractivity (Wildman–Crippen MR) is 120 cm³/mol. The Morgan fingerprint density at radius 3 is 2.21 bits per heavy atom. The van der Waals surface area contributed by atoms with Crippen molar-refractivity contribution < 1.29 is 34.2 Å². The van der Waals surface area contributed by atoms with Crippen molar-refractivity contribution in [2.75, 3.05) is 0 Å². The number of Topliss-reactive ketones (excluding diaryl/α,β-unsaturated/α-hetero) is 1. The van der Waals surface area contributed by atoms with Crippen LogP contribution in [-0.4, -0.2) is 60.8 Å². The van der Waals surface area contributed by atoms with E-state index < -0.39 is 35.6 Å². The number of rotatable bonds is 13. The minimum absolute atomic E-state index is 0.0527. The summed E-state index contributed by atoms with van der Waals surface area (Å²) in [5, 5.41) is 27.1. The molecule has 184 valence electrons. The molecule has 12 heteroatoms. The normalized spacial score (nSPS) is 11.0. The van der Waals surface area contributed by atoms with E-state index in [4.69, 9.17) is 15.9 Å². The Balaban J connectivity index is 0.00000104. The number of nitrogens with two attached hydrogens (primary N) is 1. The van der Waals surface area contributed by atoms with Gasteiger partial charge in [0.05, 0.1) is 23.6 Å². The molecule has 0 saturated carbocycles. The number of aliphatic carboxylic acids is 2. The van der Waals surface area contributed by atoms with Gasteiger partial charge in [-0.15, -0.1) is 5.10 Å². The van der Waals surface area contributed by atoms with Crippen molar-refractivity contribution in [3.05, 3.63) is 42.2 Å². The molecule has 1 aromatic carbocycles. The standard InChI is InChI=1S/C19H23N5O5.C3H6O2/c20-17(26)9-8-16(25)15(7-11-19(28)29)21-18(27)10-6-13-12-24(23-22-13)14-4-2-1-3-5-14;1-2-3(4)5/h1-5,12,15H,6-11H2,(H2,20,26)(H,21,27)(H,28,29);2H2,1H3,(H,4,5)/t15-;/m0./s1. The second-order valence-corrected chi connectivity index (χ2v) is 7.22. The van der Waals surface area contributed by atoms with E-state index >= 15 is 0 Å². The van der Waals surface area contributed by atoms with Gasteiger partial charge in [0.2, 0.25) is 11.8 Å². The highest BCUT2D eigenvalue weighted by atomic mass is 16.4. The number of amides is 2. The Kier molecular flexibility index (Phi) is 12.2. The average molecular weight is 476 g/mol. The molecule has 1 heterocycles. The Hall–Kier alpha value is -4.09. The summed E-state index contributed by atoms with van der Waals surface area (Å²) in [6.07, 6.45) is 1.66. The number of carbonyl (C=O) groups is 5. The number of benzene rings is 1. The molecular formula is C22H29N5O7. The van der Waals surface area contributed by atoms with E-state index in [0.29, 0.717) is 12.1 Å². The number of hydrogen-bond donors (Lipinski definition) is 4. The van der Waals surface area contributed by atoms with Gasteiger partial charge in [-0.05, 0) is 18.6 Å². The van der Waals surface area contributed by atoms with Crippen molar-refractivity contribution in [2.45, 2.75) is 57.9 Å². The Bertz CT molecular complexity index is 975. The summed E-state index contributed by atoms with van der Waals surface area (Å²) in [7, 11) is 0. The highest BCUT2D eigenvalue weighted by Crippen LogP contribution is 2.08. The van der Waals surface area contributed by atoms with Gasteiger partial charge in [0.25, 0.3) is 0 Å². The average Bonchev–Trinajstić information content (AvgIpc) is 3.28. The SMILES string of the molecule is CCC(=O)O.NC(=O)CCC(=O)[C@H](CCC(=O)O)NC(=O)CCc1cn(-c2ccccc2)nn1. The summed E-state index contributed by atoms with van der Waals surface area (Å²) in [6.45, 7) is 1.60. The van der Waals surface area contributed by atoms with Crippen molar-refractivity contribution in [3.63, 3.8) is 0 Å². The number of hydrogen-bond acceptors (Lipinski definition) is 7. The van der Waals surface area contributed by atoms with Gasteiger partial charge in [-0.1, -0.05) is 30.3 Å². The lowest BCUT2D eigenvalue weighted by Crippen LogP contribution is -2.41. The number of carboxylic acids is 2. The fourth-order valence-corrected chi connectivity index (χ4v) is 2.63. The van der Waals surface area contributed by atoms with Gasteiger partial charge in [-0.25, -0.2) is 4.68 Å². The molecule has 1 atom stereocenters. The number of nitrogens with one attached hydrogen (secondary N) is 1.